The number of carbonyl (C=O) groups is 2. The van der Waals surface area contributed by atoms with Crippen LogP contribution in [0.1, 0.15) is 39.0 Å². The summed E-state index contributed by atoms with van der Waals surface area (Å²) >= 11 is 1.36. The van der Waals surface area contributed by atoms with Gasteiger partial charge in [0.05, 0.1) is 11.6 Å². The number of likely N-dealkylation sites (tertiary alicyclic amines) is 1. The molecule has 6 N–H and O–H groups in total. The number of aliphatic imine (C=N–C) groups is 1. The highest BCUT2D eigenvalue weighted by Crippen LogP contribution is 2.37. The Hall–Kier alpha value is -3.17. The summed E-state index contributed by atoms with van der Waals surface area (Å²) in [5.74, 6) is -2.72. The van der Waals surface area contributed by atoms with Crippen molar-refractivity contribution in [2.75, 3.05) is 25.0 Å². The summed E-state index contributed by atoms with van der Waals surface area (Å²) in [4.78, 5) is 31.4. The number of para-hydroxylation sites is 1. The molecule has 1 aliphatic rings. The van der Waals surface area contributed by atoms with Crippen molar-refractivity contribution in [1.82, 2.24) is 9.62 Å². The highest BCUT2D eigenvalue weighted by molar-refractivity contribution is 7.89. The molecule has 0 spiro atoms. The Morgan fingerprint density at radius 3 is 2.45 bits per heavy atom. The third-order valence-corrected chi connectivity index (χ3v) is 8.92. The summed E-state index contributed by atoms with van der Waals surface area (Å²) < 4.78 is 69.3. The zero-order valence-corrected chi connectivity index (χ0v) is 23.5. The maximum atomic E-state index is 13.7. The summed E-state index contributed by atoms with van der Waals surface area (Å²) in [6, 6.07) is 6.81. The third-order valence-electron chi connectivity index (χ3n) is 6.50. The van der Waals surface area contributed by atoms with E-state index in [2.05, 4.69) is 15.0 Å². The highest BCUT2D eigenvalue weighted by atomic mass is 32.2. The second kappa shape index (κ2) is 13.5. The lowest BCUT2D eigenvalue weighted by Gasteiger charge is -2.35. The van der Waals surface area contributed by atoms with Gasteiger partial charge in [-0.1, -0.05) is 25.1 Å². The number of nitrogens with two attached hydrogens (primary N) is 2. The number of hydrogen-bond donors (Lipinski definition) is 4. The van der Waals surface area contributed by atoms with Gasteiger partial charge in [0, 0.05) is 36.5 Å². The molecule has 2 heterocycles. The first-order valence-corrected chi connectivity index (χ1v) is 15.1. The molecule has 1 atom stereocenters. The van der Waals surface area contributed by atoms with E-state index in [0.29, 0.717) is 5.56 Å². The molecule has 1 aromatic heterocycles. The molecule has 3 rings (SSSR count). The topological polar surface area (TPSA) is 160 Å². The number of guanidine groups is 1. The maximum absolute atomic E-state index is 13.7. The smallest absolute Gasteiger partial charge is 0.370 e. The predicted octanol–water partition coefficient (Wildman–Crippen LogP) is 3.27. The Labute approximate surface area is 235 Å². The van der Waals surface area contributed by atoms with Gasteiger partial charge in [0.1, 0.15) is 10.9 Å². The van der Waals surface area contributed by atoms with Crippen molar-refractivity contribution in [1.29, 1.82) is 0 Å². The van der Waals surface area contributed by atoms with Gasteiger partial charge < -0.3 is 21.7 Å². The average molecular weight is 603 g/mol. The van der Waals surface area contributed by atoms with Crippen LogP contribution < -0.4 is 21.5 Å². The fraction of sp³-hybridized carbons (Fsp3) is 0.480. The molecule has 10 nitrogen and oxygen atoms in total. The molecule has 1 aromatic carbocycles. The quantitative estimate of drug-likeness (QED) is 0.175. The van der Waals surface area contributed by atoms with Crippen molar-refractivity contribution in [3.05, 3.63) is 35.7 Å². The Kier molecular flexibility index (Phi) is 10.6. The molecular formula is C25H33F3N6O4S2. The minimum Gasteiger partial charge on any atom is -0.370 e. The summed E-state index contributed by atoms with van der Waals surface area (Å²) in [5, 5.41) is 4.49. The minimum absolute atomic E-state index is 0.00465. The van der Waals surface area contributed by atoms with E-state index in [1.165, 1.54) is 28.4 Å². The van der Waals surface area contributed by atoms with Crippen LogP contribution in [0.25, 0.3) is 10.4 Å². The van der Waals surface area contributed by atoms with Crippen molar-refractivity contribution in [2.24, 2.45) is 22.4 Å². The molecule has 2 aromatic rings. The van der Waals surface area contributed by atoms with Gasteiger partial charge in [-0.2, -0.15) is 17.9 Å². The number of thiophene rings is 1. The van der Waals surface area contributed by atoms with E-state index < -0.39 is 40.0 Å². The number of piperidine rings is 1. The number of rotatable bonds is 11. The standard InChI is InChI=1S/C25H33F3N6O4S2/c1-2-21(35)32-22-17(19-8-5-15-39-19)6-3-9-20(22)40(37,38)33-18(7-4-12-31-24(29)30)23(36)34-13-10-16(11-14-34)25(26,27)28/h3,5-6,8-9,15-16,18,33H,2,4,7,10-14H2,1H3,(H,32,35)(H4,29,30,31)/t18-/m0/s1. The van der Waals surface area contributed by atoms with E-state index in [0.717, 1.165) is 4.88 Å². The van der Waals surface area contributed by atoms with E-state index >= 15 is 0 Å². The number of anilines is 1. The van der Waals surface area contributed by atoms with Gasteiger partial charge in [-0.05, 0) is 43.2 Å². The summed E-state index contributed by atoms with van der Waals surface area (Å²) in [6.45, 7) is 1.44. The lowest BCUT2D eigenvalue weighted by Crippen LogP contribution is -2.51. The Morgan fingerprint density at radius 2 is 1.88 bits per heavy atom. The molecular weight excluding hydrogens is 569 g/mol. The summed E-state index contributed by atoms with van der Waals surface area (Å²) in [6.07, 6.45) is -4.56. The van der Waals surface area contributed by atoms with Crippen molar-refractivity contribution < 1.29 is 31.2 Å². The fourth-order valence-electron chi connectivity index (χ4n) is 4.38. The monoisotopic (exact) mass is 602 g/mol. The lowest BCUT2D eigenvalue weighted by molar-refractivity contribution is -0.186. The van der Waals surface area contributed by atoms with Crippen LogP contribution in [0, 0.1) is 5.92 Å². The SMILES string of the molecule is CCC(=O)Nc1c(-c2cccs2)cccc1S(=O)(=O)N[C@@H](CCCN=C(N)N)C(=O)N1CCC(C(F)(F)F)CC1. The fourth-order valence-corrected chi connectivity index (χ4v) is 6.55. The number of carbonyl (C=O) groups excluding carboxylic acids is 2. The number of sulfonamides is 1. The van der Waals surface area contributed by atoms with Crippen molar-refractivity contribution in [3.63, 3.8) is 0 Å². The van der Waals surface area contributed by atoms with E-state index in [9.17, 15) is 31.2 Å². The average Bonchev–Trinajstić information content (AvgIpc) is 3.44. The zero-order valence-electron chi connectivity index (χ0n) is 21.9. The Bertz CT molecular complexity index is 1300. The molecule has 1 saturated heterocycles. The molecule has 15 heteroatoms. The van der Waals surface area contributed by atoms with Gasteiger partial charge >= 0.3 is 6.18 Å². The second-order valence-corrected chi connectivity index (χ2v) is 12.0. The molecule has 0 bridgehead atoms. The molecule has 0 radical (unpaired) electrons. The number of nitrogens with zero attached hydrogens (tertiary/aromatic N) is 2. The van der Waals surface area contributed by atoms with Crippen LogP contribution in [0.15, 0.2) is 45.6 Å². The van der Waals surface area contributed by atoms with Gasteiger partial charge in [-0.15, -0.1) is 11.3 Å². The summed E-state index contributed by atoms with van der Waals surface area (Å²) in [7, 11) is -4.40. The van der Waals surface area contributed by atoms with Gasteiger partial charge in [0.2, 0.25) is 21.8 Å². The zero-order chi connectivity index (χ0) is 29.5. The molecule has 1 fully saturated rings. The van der Waals surface area contributed by atoms with Crippen molar-refractivity contribution in [2.45, 2.75) is 56.1 Å². The number of alkyl halides is 3. The Morgan fingerprint density at radius 1 is 1.18 bits per heavy atom. The molecule has 40 heavy (non-hydrogen) atoms. The van der Waals surface area contributed by atoms with E-state index in [4.69, 9.17) is 11.5 Å². The van der Waals surface area contributed by atoms with Crippen LogP contribution in [0.3, 0.4) is 0 Å². The van der Waals surface area contributed by atoms with Gasteiger partial charge in [-0.25, -0.2) is 8.42 Å². The third kappa shape index (κ3) is 8.17. The largest absolute Gasteiger partial charge is 0.391 e. The number of hydrogen-bond acceptors (Lipinski definition) is 6. The maximum Gasteiger partial charge on any atom is 0.391 e. The highest BCUT2D eigenvalue weighted by Gasteiger charge is 2.42. The molecule has 0 saturated carbocycles. The van der Waals surface area contributed by atoms with Crippen LogP contribution in [0.5, 0.6) is 0 Å². The van der Waals surface area contributed by atoms with Crippen LogP contribution in [0.4, 0.5) is 18.9 Å². The first-order valence-electron chi connectivity index (χ1n) is 12.7. The van der Waals surface area contributed by atoms with Crippen molar-refractivity contribution >= 4 is 44.8 Å². The number of amides is 2. The Balaban J connectivity index is 1.92. The number of nitrogens with one attached hydrogen (secondary N) is 2. The van der Waals surface area contributed by atoms with Crippen LogP contribution in [-0.4, -0.2) is 62.9 Å². The van der Waals surface area contributed by atoms with E-state index in [1.807, 2.05) is 5.38 Å². The normalized spacial score (nSPS) is 15.4. The number of benzene rings is 1. The molecule has 2 amide bonds. The minimum atomic E-state index is -4.40. The molecule has 0 aliphatic carbocycles. The van der Waals surface area contributed by atoms with E-state index in [-0.39, 0.29) is 68.3 Å². The second-order valence-electron chi connectivity index (χ2n) is 9.32. The number of halogens is 3. The van der Waals surface area contributed by atoms with Crippen molar-refractivity contribution in [3.8, 4) is 10.4 Å². The first-order chi connectivity index (χ1) is 18.8. The predicted molar refractivity (Wildman–Crippen MR) is 148 cm³/mol. The van der Waals surface area contributed by atoms with E-state index in [1.54, 1.807) is 25.1 Å². The lowest BCUT2D eigenvalue weighted by atomic mass is 9.95. The molecule has 1 aliphatic heterocycles. The molecule has 0 unspecified atom stereocenters. The van der Waals surface area contributed by atoms with Crippen LogP contribution >= 0.6 is 11.3 Å². The van der Waals surface area contributed by atoms with Crippen LogP contribution in [-0.2, 0) is 19.6 Å². The molecule has 220 valence electrons. The summed E-state index contributed by atoms with van der Waals surface area (Å²) in [5.41, 5.74) is 11.3. The van der Waals surface area contributed by atoms with Gasteiger partial charge in [0.25, 0.3) is 0 Å². The van der Waals surface area contributed by atoms with Gasteiger partial charge in [-0.3, -0.25) is 14.6 Å². The van der Waals surface area contributed by atoms with Crippen LogP contribution in [0.2, 0.25) is 0 Å². The first kappa shape index (κ1) is 31.4. The van der Waals surface area contributed by atoms with Gasteiger partial charge in [0.15, 0.2) is 5.96 Å².